The first-order valence-corrected chi connectivity index (χ1v) is 4.11. The molecule has 0 fully saturated rings. The number of nitrogens with one attached hydrogen (secondary N) is 1. The maximum absolute atomic E-state index is 12.4. The molecule has 80 valence electrons. The molecule has 0 atom stereocenters. The van der Waals surface area contributed by atoms with Crippen molar-refractivity contribution in [2.45, 2.75) is 6.18 Å². The molecular formula is C9H8F3N3. The van der Waals surface area contributed by atoms with E-state index in [4.69, 9.17) is 5.53 Å². The summed E-state index contributed by atoms with van der Waals surface area (Å²) in [7, 11) is 0. The number of halogens is 3. The van der Waals surface area contributed by atoms with Crippen LogP contribution in [0.25, 0.3) is 5.53 Å². The van der Waals surface area contributed by atoms with Crippen molar-refractivity contribution in [3.8, 4) is 0 Å². The maximum Gasteiger partial charge on any atom is 0.418 e. The zero-order chi connectivity index (χ0) is 11.3. The van der Waals surface area contributed by atoms with Crippen LogP contribution in [0.3, 0.4) is 0 Å². The van der Waals surface area contributed by atoms with Gasteiger partial charge in [-0.15, -0.1) is 0 Å². The first kappa shape index (κ1) is 11.3. The molecule has 1 aromatic rings. The van der Waals surface area contributed by atoms with Crippen LogP contribution in [-0.2, 0) is 6.18 Å². The van der Waals surface area contributed by atoms with E-state index in [1.165, 1.54) is 18.2 Å². The van der Waals surface area contributed by atoms with Crippen LogP contribution in [0.1, 0.15) is 5.56 Å². The molecule has 0 saturated carbocycles. The molecule has 0 aromatic heterocycles. The summed E-state index contributed by atoms with van der Waals surface area (Å²) >= 11 is 0. The van der Waals surface area contributed by atoms with Crippen LogP contribution < -0.4 is 5.32 Å². The van der Waals surface area contributed by atoms with Crippen LogP contribution in [0.5, 0.6) is 0 Å². The van der Waals surface area contributed by atoms with Crippen molar-refractivity contribution in [1.29, 1.82) is 0 Å². The van der Waals surface area contributed by atoms with Gasteiger partial charge in [0.2, 0.25) is 0 Å². The first-order valence-electron chi connectivity index (χ1n) is 4.11. The second-order valence-corrected chi connectivity index (χ2v) is 2.72. The molecule has 0 unspecified atom stereocenters. The Labute approximate surface area is 84.2 Å². The average molecular weight is 215 g/mol. The molecule has 0 aliphatic heterocycles. The minimum absolute atomic E-state index is 0.0313. The van der Waals surface area contributed by atoms with E-state index in [1.54, 1.807) is 0 Å². The van der Waals surface area contributed by atoms with E-state index < -0.39 is 11.7 Å². The summed E-state index contributed by atoms with van der Waals surface area (Å²) < 4.78 is 37.3. The molecule has 1 aromatic carbocycles. The number of benzene rings is 1. The van der Waals surface area contributed by atoms with Gasteiger partial charge >= 0.3 is 6.18 Å². The number of hydrogen-bond acceptors (Lipinski definition) is 1. The fourth-order valence-corrected chi connectivity index (χ4v) is 1.08. The Morgan fingerprint density at radius 2 is 2.00 bits per heavy atom. The third-order valence-corrected chi connectivity index (χ3v) is 1.70. The Morgan fingerprint density at radius 1 is 1.33 bits per heavy atom. The van der Waals surface area contributed by atoms with Crippen LogP contribution in [-0.4, -0.2) is 17.5 Å². The van der Waals surface area contributed by atoms with Gasteiger partial charge in [-0.2, -0.15) is 18.0 Å². The molecule has 3 nitrogen and oxygen atoms in total. The van der Waals surface area contributed by atoms with Gasteiger partial charge in [0.15, 0.2) is 0 Å². The lowest BCUT2D eigenvalue weighted by Crippen LogP contribution is -2.12. The van der Waals surface area contributed by atoms with Crippen LogP contribution >= 0.6 is 0 Å². The van der Waals surface area contributed by atoms with Gasteiger partial charge < -0.3 is 10.8 Å². The van der Waals surface area contributed by atoms with Crippen LogP contribution in [0.4, 0.5) is 18.9 Å². The number of para-hydroxylation sites is 1. The summed E-state index contributed by atoms with van der Waals surface area (Å²) in [6.07, 6.45) is -3.33. The van der Waals surface area contributed by atoms with Crippen molar-refractivity contribution >= 4 is 11.9 Å². The van der Waals surface area contributed by atoms with E-state index in [9.17, 15) is 13.2 Å². The fraction of sp³-hybridized carbons (Fsp3) is 0.222. The molecule has 6 heteroatoms. The quantitative estimate of drug-likeness (QED) is 0.469. The molecule has 15 heavy (non-hydrogen) atoms. The van der Waals surface area contributed by atoms with E-state index in [0.717, 1.165) is 12.3 Å². The second kappa shape index (κ2) is 4.61. The molecule has 0 heterocycles. The molecule has 0 bridgehead atoms. The lowest BCUT2D eigenvalue weighted by molar-refractivity contribution is -0.136. The molecular weight excluding hydrogens is 207 g/mol. The van der Waals surface area contributed by atoms with E-state index in [1.807, 2.05) is 0 Å². The highest BCUT2D eigenvalue weighted by molar-refractivity contribution is 5.62. The van der Waals surface area contributed by atoms with Gasteiger partial charge in [-0.05, 0) is 12.1 Å². The third-order valence-electron chi connectivity index (χ3n) is 1.70. The first-order chi connectivity index (χ1) is 7.05. The Morgan fingerprint density at radius 3 is 2.60 bits per heavy atom. The largest absolute Gasteiger partial charge is 0.418 e. The lowest BCUT2D eigenvalue weighted by atomic mass is 10.1. The topological polar surface area (TPSA) is 48.4 Å². The predicted octanol–water partition coefficient (Wildman–Crippen LogP) is 2.42. The number of hydrogen-bond donors (Lipinski definition) is 1. The summed E-state index contributed by atoms with van der Waals surface area (Å²) in [6, 6.07) is 5.11. The van der Waals surface area contributed by atoms with Crippen LogP contribution in [0.15, 0.2) is 24.3 Å². The van der Waals surface area contributed by atoms with Crippen molar-refractivity contribution in [3.63, 3.8) is 0 Å². The van der Waals surface area contributed by atoms with Gasteiger partial charge in [0.05, 0.1) is 5.56 Å². The lowest BCUT2D eigenvalue weighted by Gasteiger charge is -2.12. The van der Waals surface area contributed by atoms with Gasteiger partial charge in [0.1, 0.15) is 6.54 Å². The summed E-state index contributed by atoms with van der Waals surface area (Å²) in [6.45, 7) is 0.0313. The van der Waals surface area contributed by atoms with Gasteiger partial charge in [-0.3, -0.25) is 0 Å². The number of rotatable bonds is 3. The molecule has 1 N–H and O–H groups in total. The Balaban J connectivity index is 2.91. The van der Waals surface area contributed by atoms with E-state index in [2.05, 4.69) is 10.1 Å². The zero-order valence-corrected chi connectivity index (χ0v) is 7.62. The minimum atomic E-state index is -4.39. The summed E-state index contributed by atoms with van der Waals surface area (Å²) in [4.78, 5) is 2.67. The average Bonchev–Trinajstić information content (AvgIpc) is 2.17. The zero-order valence-electron chi connectivity index (χ0n) is 7.62. The van der Waals surface area contributed by atoms with Gasteiger partial charge in [-0.25, -0.2) is 0 Å². The van der Waals surface area contributed by atoms with Crippen molar-refractivity contribution in [2.24, 2.45) is 0 Å². The molecule has 0 spiro atoms. The number of alkyl halides is 3. The molecule has 0 aliphatic carbocycles. The highest BCUT2D eigenvalue weighted by Crippen LogP contribution is 2.34. The third kappa shape index (κ3) is 3.11. The van der Waals surface area contributed by atoms with Crippen molar-refractivity contribution < 1.29 is 18.0 Å². The fourth-order valence-electron chi connectivity index (χ4n) is 1.08. The Bertz CT molecular complexity index is 380. The highest BCUT2D eigenvalue weighted by atomic mass is 19.4. The van der Waals surface area contributed by atoms with Crippen molar-refractivity contribution in [2.75, 3.05) is 11.9 Å². The monoisotopic (exact) mass is 215 g/mol. The molecule has 1 rings (SSSR count). The second-order valence-electron chi connectivity index (χ2n) is 2.72. The van der Waals surface area contributed by atoms with E-state index in [0.29, 0.717) is 0 Å². The van der Waals surface area contributed by atoms with Gasteiger partial charge in [0.25, 0.3) is 6.21 Å². The van der Waals surface area contributed by atoms with E-state index in [-0.39, 0.29) is 12.2 Å². The summed E-state index contributed by atoms with van der Waals surface area (Å²) in [5.74, 6) is 0. The van der Waals surface area contributed by atoms with E-state index >= 15 is 0 Å². The molecule has 0 amide bonds. The van der Waals surface area contributed by atoms with Crippen molar-refractivity contribution in [3.05, 3.63) is 35.4 Å². The maximum atomic E-state index is 12.4. The Kier molecular flexibility index (Phi) is 3.46. The normalized spacial score (nSPS) is 10.6. The van der Waals surface area contributed by atoms with Gasteiger partial charge in [0, 0.05) is 5.69 Å². The van der Waals surface area contributed by atoms with Crippen LogP contribution in [0, 0.1) is 0 Å². The minimum Gasteiger partial charge on any atom is -0.374 e. The number of anilines is 1. The summed E-state index contributed by atoms with van der Waals surface area (Å²) in [5, 5.41) is 2.49. The van der Waals surface area contributed by atoms with Gasteiger partial charge in [-0.1, -0.05) is 12.1 Å². The molecule has 0 radical (unpaired) electrons. The van der Waals surface area contributed by atoms with Crippen LogP contribution in [0.2, 0.25) is 0 Å². The molecule has 0 aliphatic rings. The smallest absolute Gasteiger partial charge is 0.374 e. The predicted molar refractivity (Wildman–Crippen MR) is 49.6 cm³/mol. The Hall–Kier alpha value is -1.81. The number of nitrogens with zero attached hydrogens (tertiary/aromatic N) is 2. The SMILES string of the molecule is [N-]=[N+]=CCNc1ccccc1C(F)(F)F. The molecule has 0 saturated heterocycles. The van der Waals surface area contributed by atoms with Crippen molar-refractivity contribution in [1.82, 2.24) is 0 Å². The summed E-state index contributed by atoms with van der Waals surface area (Å²) in [5.41, 5.74) is 7.30. The standard InChI is InChI=1S/C9H8F3N3/c10-9(11,12)7-3-1-2-4-8(7)14-5-6-15-13/h1-4,6,14H,5H2. The highest BCUT2D eigenvalue weighted by Gasteiger charge is 2.32.